The van der Waals surface area contributed by atoms with Crippen LogP contribution in [0.2, 0.25) is 0 Å². The fourth-order valence-corrected chi connectivity index (χ4v) is 2.77. The first-order chi connectivity index (χ1) is 13.5. The number of carbonyl (C=O) groups excluding carboxylic acids is 2. The quantitative estimate of drug-likeness (QED) is 0.609. The van der Waals surface area contributed by atoms with Crippen molar-refractivity contribution in [3.05, 3.63) is 72.3 Å². The Morgan fingerprint density at radius 1 is 0.857 bits per heavy atom. The number of hydrogen-bond donors (Lipinski definition) is 2. The molecule has 1 atom stereocenters. The Balaban J connectivity index is 0.000000186. The fraction of sp³-hybridized carbons (Fsp3) is 0.217. The van der Waals surface area contributed by atoms with Crippen molar-refractivity contribution in [3.8, 4) is 5.75 Å². The maximum Gasteiger partial charge on any atom is 0.258 e. The van der Waals surface area contributed by atoms with Gasteiger partial charge in [0.15, 0.2) is 0 Å². The number of phenols is 1. The summed E-state index contributed by atoms with van der Waals surface area (Å²) in [5.74, 6) is -0.688. The van der Waals surface area contributed by atoms with E-state index in [9.17, 15) is 14.7 Å². The largest absolute Gasteiger partial charge is 0.507 e. The topological polar surface area (TPSA) is 69.6 Å². The van der Waals surface area contributed by atoms with Crippen LogP contribution in [0.15, 0.2) is 66.7 Å². The van der Waals surface area contributed by atoms with E-state index in [2.05, 4.69) is 5.43 Å². The van der Waals surface area contributed by atoms with Gasteiger partial charge in [0.25, 0.3) is 11.8 Å². The number of rotatable bonds is 1. The lowest BCUT2D eigenvalue weighted by Crippen LogP contribution is -2.35. The molecule has 1 unspecified atom stereocenters. The molecule has 0 radical (unpaired) electrons. The minimum Gasteiger partial charge on any atom is -0.507 e. The van der Waals surface area contributed by atoms with E-state index in [4.69, 9.17) is 0 Å². The van der Waals surface area contributed by atoms with Crippen LogP contribution in [-0.4, -0.2) is 16.9 Å². The molecule has 1 aliphatic heterocycles. The number of fused-ring (bicyclic) bond motifs is 1. The zero-order chi connectivity index (χ0) is 20.7. The number of nitrogens with one attached hydrogen (secondary N) is 1. The van der Waals surface area contributed by atoms with Crippen molar-refractivity contribution in [2.75, 3.05) is 5.01 Å². The Hall–Kier alpha value is -3.34. The van der Waals surface area contributed by atoms with E-state index >= 15 is 0 Å². The molecule has 2 amide bonds. The summed E-state index contributed by atoms with van der Waals surface area (Å²) in [5.41, 5.74) is 4.40. The second-order valence-corrected chi connectivity index (χ2v) is 6.15. The van der Waals surface area contributed by atoms with Crippen molar-refractivity contribution in [1.82, 2.24) is 5.43 Å². The normalized spacial score (nSPS) is 15.3. The summed E-state index contributed by atoms with van der Waals surface area (Å²) in [4.78, 5) is 22.8. The molecule has 0 spiro atoms. The molecule has 4 rings (SSSR count). The number of benzene rings is 3. The third kappa shape index (κ3) is 4.49. The average Bonchev–Trinajstić information content (AvgIpc) is 3.01. The van der Waals surface area contributed by atoms with Gasteiger partial charge in [-0.15, -0.1) is 0 Å². The summed E-state index contributed by atoms with van der Waals surface area (Å²) in [6.07, 6.45) is 0. The third-order valence-corrected chi connectivity index (χ3v) is 4.34. The van der Waals surface area contributed by atoms with Crippen molar-refractivity contribution in [2.24, 2.45) is 5.92 Å². The Morgan fingerprint density at radius 3 is 1.96 bits per heavy atom. The van der Waals surface area contributed by atoms with Crippen LogP contribution in [-0.2, 0) is 9.59 Å². The van der Waals surface area contributed by atoms with Crippen LogP contribution in [0.3, 0.4) is 0 Å². The first-order valence-electron chi connectivity index (χ1n) is 9.36. The van der Waals surface area contributed by atoms with Crippen LogP contribution in [0, 0.1) is 12.8 Å². The SMILES string of the molecule is CC.CC1C(=O)NN(c2ccccc2)C1=O.Cc1ccc(O)c2ccccc12. The second kappa shape index (κ2) is 9.55. The molecule has 1 saturated heterocycles. The van der Waals surface area contributed by atoms with Crippen molar-refractivity contribution < 1.29 is 14.7 Å². The summed E-state index contributed by atoms with van der Waals surface area (Å²) in [6.45, 7) is 7.64. The third-order valence-electron chi connectivity index (χ3n) is 4.34. The standard InChI is InChI=1S/C11H10O.C10H10N2O2.C2H6/c1-8-6-7-11(12)10-5-3-2-4-9(8)10;1-7-9(13)11-12(10(7)14)8-5-3-2-4-6-8;1-2/h2-7,12H,1H3;2-7H,1H3,(H,11,13);1-2H3. The molecular formula is C23H26N2O3. The Labute approximate surface area is 165 Å². The van der Waals surface area contributed by atoms with Gasteiger partial charge in [-0.2, -0.15) is 0 Å². The van der Waals surface area contributed by atoms with E-state index in [0.29, 0.717) is 11.4 Å². The summed E-state index contributed by atoms with van der Waals surface area (Å²) >= 11 is 0. The number of phenolic OH excluding ortho intramolecular Hbond substituents is 1. The zero-order valence-electron chi connectivity index (χ0n) is 16.6. The van der Waals surface area contributed by atoms with Crippen LogP contribution >= 0.6 is 0 Å². The van der Waals surface area contributed by atoms with E-state index in [1.165, 1.54) is 10.6 Å². The zero-order valence-corrected chi connectivity index (χ0v) is 16.6. The van der Waals surface area contributed by atoms with Crippen LogP contribution in [0.1, 0.15) is 26.3 Å². The van der Waals surface area contributed by atoms with Gasteiger partial charge in [-0.3, -0.25) is 15.0 Å². The molecule has 0 saturated carbocycles. The lowest BCUT2D eigenvalue weighted by molar-refractivity contribution is -0.126. The molecule has 146 valence electrons. The lowest BCUT2D eigenvalue weighted by Gasteiger charge is -2.14. The number of aromatic hydroxyl groups is 1. The van der Waals surface area contributed by atoms with E-state index in [1.807, 2.05) is 69.3 Å². The number of hydrogen-bond acceptors (Lipinski definition) is 3. The minimum atomic E-state index is -0.588. The number of aryl methyl sites for hydroxylation is 1. The molecule has 5 nitrogen and oxygen atoms in total. The van der Waals surface area contributed by atoms with Gasteiger partial charge in [0.1, 0.15) is 11.7 Å². The number of amides is 2. The molecule has 2 N–H and O–H groups in total. The van der Waals surface area contributed by atoms with Gasteiger partial charge >= 0.3 is 0 Å². The second-order valence-electron chi connectivity index (χ2n) is 6.15. The molecule has 1 aliphatic rings. The molecule has 5 heteroatoms. The van der Waals surface area contributed by atoms with Gasteiger partial charge in [0, 0.05) is 5.39 Å². The van der Waals surface area contributed by atoms with Gasteiger partial charge < -0.3 is 5.11 Å². The molecule has 28 heavy (non-hydrogen) atoms. The van der Waals surface area contributed by atoms with Crippen LogP contribution < -0.4 is 10.4 Å². The molecule has 3 aromatic rings. The van der Waals surface area contributed by atoms with Crippen molar-refractivity contribution in [1.29, 1.82) is 0 Å². The Bertz CT molecular complexity index is 914. The fourth-order valence-electron chi connectivity index (χ4n) is 2.77. The minimum absolute atomic E-state index is 0.207. The lowest BCUT2D eigenvalue weighted by atomic mass is 10.1. The maximum absolute atomic E-state index is 11.6. The van der Waals surface area contributed by atoms with E-state index in [1.54, 1.807) is 25.1 Å². The van der Waals surface area contributed by atoms with Crippen LogP contribution in [0.5, 0.6) is 5.75 Å². The van der Waals surface area contributed by atoms with E-state index in [-0.39, 0.29) is 11.8 Å². The average molecular weight is 378 g/mol. The highest BCUT2D eigenvalue weighted by Gasteiger charge is 2.36. The molecule has 0 aromatic heterocycles. The first-order valence-corrected chi connectivity index (χ1v) is 9.36. The Morgan fingerprint density at radius 2 is 1.43 bits per heavy atom. The van der Waals surface area contributed by atoms with E-state index < -0.39 is 5.92 Å². The summed E-state index contributed by atoms with van der Waals surface area (Å²) in [5, 5.41) is 12.8. The first kappa shape index (κ1) is 21.0. The Kier molecular flexibility index (Phi) is 7.15. The van der Waals surface area contributed by atoms with Gasteiger partial charge in [-0.05, 0) is 43.0 Å². The maximum atomic E-state index is 11.6. The van der Waals surface area contributed by atoms with Crippen molar-refractivity contribution in [2.45, 2.75) is 27.7 Å². The monoisotopic (exact) mass is 378 g/mol. The molecular weight excluding hydrogens is 352 g/mol. The number of para-hydroxylation sites is 1. The number of anilines is 1. The van der Waals surface area contributed by atoms with Crippen molar-refractivity contribution in [3.63, 3.8) is 0 Å². The highest BCUT2D eigenvalue weighted by Crippen LogP contribution is 2.26. The molecule has 1 fully saturated rings. The number of nitrogens with zero attached hydrogens (tertiary/aromatic N) is 1. The van der Waals surface area contributed by atoms with Gasteiger partial charge in [-0.1, -0.05) is 62.4 Å². The van der Waals surface area contributed by atoms with Gasteiger partial charge in [0.2, 0.25) is 0 Å². The van der Waals surface area contributed by atoms with Crippen LogP contribution in [0.25, 0.3) is 10.8 Å². The smallest absolute Gasteiger partial charge is 0.258 e. The van der Waals surface area contributed by atoms with Gasteiger partial charge in [-0.25, -0.2) is 5.01 Å². The number of hydrazine groups is 1. The highest BCUT2D eigenvalue weighted by atomic mass is 16.3. The van der Waals surface area contributed by atoms with Crippen molar-refractivity contribution >= 4 is 28.3 Å². The summed E-state index contributed by atoms with van der Waals surface area (Å²) in [7, 11) is 0. The number of carbonyl (C=O) groups is 2. The molecule has 0 bridgehead atoms. The molecule has 3 aromatic carbocycles. The summed E-state index contributed by atoms with van der Waals surface area (Å²) in [6, 6.07) is 20.6. The predicted octanol–water partition coefficient (Wildman–Crippen LogP) is 4.58. The van der Waals surface area contributed by atoms with E-state index in [0.717, 1.165) is 10.8 Å². The summed E-state index contributed by atoms with van der Waals surface area (Å²) < 4.78 is 0. The van der Waals surface area contributed by atoms with Crippen LogP contribution in [0.4, 0.5) is 5.69 Å². The molecule has 0 aliphatic carbocycles. The highest BCUT2D eigenvalue weighted by molar-refractivity contribution is 6.14. The predicted molar refractivity (Wildman–Crippen MR) is 113 cm³/mol. The van der Waals surface area contributed by atoms with Gasteiger partial charge in [0.05, 0.1) is 5.69 Å². The molecule has 1 heterocycles.